The van der Waals surface area contributed by atoms with Crippen molar-refractivity contribution in [2.75, 3.05) is 11.9 Å². The third-order valence-electron chi connectivity index (χ3n) is 3.16. The van der Waals surface area contributed by atoms with Crippen molar-refractivity contribution >= 4 is 11.7 Å². The highest BCUT2D eigenvalue weighted by molar-refractivity contribution is 6.05. The number of nitrogens with one attached hydrogen (secondary N) is 1. The monoisotopic (exact) mass is 279 g/mol. The molecule has 0 spiro atoms. The van der Waals surface area contributed by atoms with Crippen molar-refractivity contribution in [2.24, 2.45) is 5.73 Å². The fourth-order valence-corrected chi connectivity index (χ4v) is 1.90. The van der Waals surface area contributed by atoms with Gasteiger partial charge in [0.05, 0.1) is 6.54 Å². The summed E-state index contributed by atoms with van der Waals surface area (Å²) in [6.07, 6.45) is 0. The number of aryl methyl sites for hydroxylation is 1. The van der Waals surface area contributed by atoms with Crippen molar-refractivity contribution in [1.82, 2.24) is 4.98 Å². The van der Waals surface area contributed by atoms with Gasteiger partial charge in [0.25, 0.3) is 5.91 Å². The molecule has 1 amide bonds. The molecule has 4 nitrogen and oxygen atoms in total. The number of aromatic nitrogens is 1. The standard InChI is InChI=1S/C17H17N3O/c1-12-6-3-9-15(13(12)2)17(21)20-16-10-4-7-14(19-16)8-5-11-18/h3-4,6-7,9-10H,11,18H2,1-2H3,(H,19,20,21). The number of carbonyl (C=O) groups excluding carboxylic acids is 1. The number of benzene rings is 1. The lowest BCUT2D eigenvalue weighted by Gasteiger charge is -2.09. The van der Waals surface area contributed by atoms with Gasteiger partial charge in [0.2, 0.25) is 0 Å². The highest BCUT2D eigenvalue weighted by Crippen LogP contribution is 2.14. The highest BCUT2D eigenvalue weighted by atomic mass is 16.1. The maximum absolute atomic E-state index is 12.3. The molecule has 0 radical (unpaired) electrons. The molecule has 0 bridgehead atoms. The van der Waals surface area contributed by atoms with Gasteiger partial charge in [-0.3, -0.25) is 4.79 Å². The molecule has 0 aliphatic rings. The topological polar surface area (TPSA) is 68.0 Å². The Hall–Kier alpha value is -2.64. The first-order valence-electron chi connectivity index (χ1n) is 6.65. The molecule has 21 heavy (non-hydrogen) atoms. The lowest BCUT2D eigenvalue weighted by Crippen LogP contribution is -2.15. The van der Waals surface area contributed by atoms with E-state index < -0.39 is 0 Å². The molecule has 0 aliphatic carbocycles. The zero-order chi connectivity index (χ0) is 15.2. The van der Waals surface area contributed by atoms with Crippen LogP contribution in [0.15, 0.2) is 36.4 Å². The third kappa shape index (κ3) is 3.68. The van der Waals surface area contributed by atoms with Gasteiger partial charge in [0.1, 0.15) is 11.5 Å². The molecule has 1 aromatic heterocycles. The first-order chi connectivity index (χ1) is 10.1. The fraction of sp³-hybridized carbons (Fsp3) is 0.176. The molecule has 2 rings (SSSR count). The van der Waals surface area contributed by atoms with E-state index in [4.69, 9.17) is 5.73 Å². The maximum atomic E-state index is 12.3. The summed E-state index contributed by atoms with van der Waals surface area (Å²) in [5.41, 5.74) is 8.61. The minimum absolute atomic E-state index is 0.173. The first-order valence-corrected chi connectivity index (χ1v) is 6.65. The van der Waals surface area contributed by atoms with Crippen LogP contribution in [0, 0.1) is 25.7 Å². The molecule has 4 heteroatoms. The normalized spacial score (nSPS) is 9.67. The van der Waals surface area contributed by atoms with Crippen LogP contribution in [0.3, 0.4) is 0 Å². The summed E-state index contributed by atoms with van der Waals surface area (Å²) < 4.78 is 0. The van der Waals surface area contributed by atoms with Crippen molar-refractivity contribution < 1.29 is 4.79 Å². The molecule has 0 fully saturated rings. The summed E-state index contributed by atoms with van der Waals surface area (Å²) in [6, 6.07) is 11.0. The van der Waals surface area contributed by atoms with Gasteiger partial charge in [0.15, 0.2) is 0 Å². The Morgan fingerprint density at radius 3 is 2.76 bits per heavy atom. The van der Waals surface area contributed by atoms with E-state index >= 15 is 0 Å². The minimum atomic E-state index is -0.173. The van der Waals surface area contributed by atoms with Crippen LogP contribution >= 0.6 is 0 Å². The van der Waals surface area contributed by atoms with E-state index in [1.54, 1.807) is 24.3 Å². The Morgan fingerprint density at radius 1 is 1.24 bits per heavy atom. The Bertz CT molecular complexity index is 726. The second kappa shape index (κ2) is 6.69. The van der Waals surface area contributed by atoms with Gasteiger partial charge >= 0.3 is 0 Å². The van der Waals surface area contributed by atoms with E-state index in [0.717, 1.165) is 11.1 Å². The van der Waals surface area contributed by atoms with E-state index in [2.05, 4.69) is 22.1 Å². The molecule has 0 saturated carbocycles. The number of rotatable bonds is 2. The number of anilines is 1. The minimum Gasteiger partial charge on any atom is -0.320 e. The largest absolute Gasteiger partial charge is 0.320 e. The Morgan fingerprint density at radius 2 is 2.00 bits per heavy atom. The molecule has 0 saturated heterocycles. The molecule has 2 aromatic rings. The summed E-state index contributed by atoms with van der Waals surface area (Å²) in [5, 5.41) is 2.79. The zero-order valence-electron chi connectivity index (χ0n) is 12.1. The van der Waals surface area contributed by atoms with Crippen LogP contribution in [0.1, 0.15) is 27.2 Å². The number of hydrogen-bond acceptors (Lipinski definition) is 3. The molecule has 0 unspecified atom stereocenters. The van der Waals surface area contributed by atoms with Gasteiger partial charge < -0.3 is 11.1 Å². The number of hydrogen-bond donors (Lipinski definition) is 2. The molecule has 106 valence electrons. The van der Waals surface area contributed by atoms with E-state index in [1.165, 1.54) is 0 Å². The maximum Gasteiger partial charge on any atom is 0.257 e. The molecular formula is C17H17N3O. The number of amides is 1. The van der Waals surface area contributed by atoms with Crippen LogP contribution in [0.25, 0.3) is 0 Å². The van der Waals surface area contributed by atoms with Crippen molar-refractivity contribution in [3.8, 4) is 11.8 Å². The highest BCUT2D eigenvalue weighted by Gasteiger charge is 2.10. The van der Waals surface area contributed by atoms with Gasteiger partial charge in [0, 0.05) is 5.56 Å². The summed E-state index contributed by atoms with van der Waals surface area (Å²) in [6.45, 7) is 4.19. The molecule has 0 aliphatic heterocycles. The summed E-state index contributed by atoms with van der Waals surface area (Å²) in [5.74, 6) is 5.88. The molecular weight excluding hydrogens is 262 g/mol. The summed E-state index contributed by atoms with van der Waals surface area (Å²) >= 11 is 0. The Kier molecular flexibility index (Phi) is 4.70. The second-order valence-electron chi connectivity index (χ2n) is 4.62. The number of carbonyl (C=O) groups is 1. The van der Waals surface area contributed by atoms with E-state index in [1.807, 2.05) is 26.0 Å². The van der Waals surface area contributed by atoms with Crippen LogP contribution in [0.2, 0.25) is 0 Å². The van der Waals surface area contributed by atoms with Gasteiger partial charge in [-0.2, -0.15) is 0 Å². The predicted octanol–water partition coefficient (Wildman–Crippen LogP) is 2.26. The molecule has 0 atom stereocenters. The first kappa shape index (κ1) is 14.8. The van der Waals surface area contributed by atoms with Crippen LogP contribution in [0.5, 0.6) is 0 Å². The van der Waals surface area contributed by atoms with Crippen LogP contribution in [0.4, 0.5) is 5.82 Å². The quantitative estimate of drug-likeness (QED) is 0.829. The van der Waals surface area contributed by atoms with Crippen molar-refractivity contribution in [2.45, 2.75) is 13.8 Å². The zero-order valence-corrected chi connectivity index (χ0v) is 12.1. The SMILES string of the molecule is Cc1cccc(C(=O)Nc2cccc(C#CCN)n2)c1C. The van der Waals surface area contributed by atoms with Crippen molar-refractivity contribution in [3.05, 3.63) is 58.8 Å². The Labute approximate surface area is 124 Å². The van der Waals surface area contributed by atoms with E-state index in [9.17, 15) is 4.79 Å². The van der Waals surface area contributed by atoms with Crippen LogP contribution in [-0.2, 0) is 0 Å². The van der Waals surface area contributed by atoms with Gasteiger partial charge in [-0.05, 0) is 49.1 Å². The predicted molar refractivity (Wildman–Crippen MR) is 84.0 cm³/mol. The van der Waals surface area contributed by atoms with Crippen molar-refractivity contribution in [1.29, 1.82) is 0 Å². The van der Waals surface area contributed by atoms with Gasteiger partial charge in [-0.25, -0.2) is 4.98 Å². The van der Waals surface area contributed by atoms with Crippen molar-refractivity contribution in [3.63, 3.8) is 0 Å². The number of nitrogens with zero attached hydrogens (tertiary/aromatic N) is 1. The van der Waals surface area contributed by atoms with Crippen LogP contribution in [-0.4, -0.2) is 17.4 Å². The molecule has 1 heterocycles. The second-order valence-corrected chi connectivity index (χ2v) is 4.62. The Balaban J connectivity index is 2.22. The molecule has 3 N–H and O–H groups in total. The third-order valence-corrected chi connectivity index (χ3v) is 3.16. The number of nitrogens with two attached hydrogens (primary N) is 1. The van der Waals surface area contributed by atoms with Gasteiger partial charge in [-0.1, -0.05) is 24.1 Å². The fourth-order valence-electron chi connectivity index (χ4n) is 1.90. The lowest BCUT2D eigenvalue weighted by atomic mass is 10.0. The van der Waals surface area contributed by atoms with E-state index in [-0.39, 0.29) is 12.5 Å². The smallest absolute Gasteiger partial charge is 0.257 e. The lowest BCUT2D eigenvalue weighted by molar-refractivity contribution is 0.102. The number of pyridine rings is 1. The summed E-state index contributed by atoms with van der Waals surface area (Å²) in [7, 11) is 0. The average molecular weight is 279 g/mol. The summed E-state index contributed by atoms with van der Waals surface area (Å²) in [4.78, 5) is 16.6. The van der Waals surface area contributed by atoms with Gasteiger partial charge in [-0.15, -0.1) is 0 Å². The van der Waals surface area contributed by atoms with E-state index in [0.29, 0.717) is 17.1 Å². The molecule has 1 aromatic carbocycles. The average Bonchev–Trinajstić information content (AvgIpc) is 2.48. The van der Waals surface area contributed by atoms with Crippen LogP contribution < -0.4 is 11.1 Å².